The predicted molar refractivity (Wildman–Crippen MR) is 204 cm³/mol. The standard InChI is InChI=1S/C45H31N3/c1-29-43(40-23-12-21-36-35(20-11-22-37(36)40)30-13-4-2-5-14-30)47-45(48-44(46-29)33-16-6-3-7-17-33)41-24-10-18-32-26-27-38-34-19-9-8-15-31(34)25-28-39(38)42(32)41/h2-28H,1H3,(H,46,47,48). The molecule has 1 aliphatic heterocycles. The number of allylic oxidation sites excluding steroid dienone is 1. The maximum absolute atomic E-state index is 5.49. The van der Waals surface area contributed by atoms with E-state index in [0.29, 0.717) is 5.84 Å². The molecule has 48 heavy (non-hydrogen) atoms. The average molecular weight is 614 g/mol. The minimum Gasteiger partial charge on any atom is -0.341 e. The number of hydrogen-bond donors (Lipinski definition) is 1. The van der Waals surface area contributed by atoms with Crippen molar-refractivity contribution in [1.29, 1.82) is 0 Å². The lowest BCUT2D eigenvalue weighted by Gasteiger charge is -2.14. The van der Waals surface area contributed by atoms with Crippen molar-refractivity contribution < 1.29 is 0 Å². The van der Waals surface area contributed by atoms with Crippen LogP contribution in [-0.2, 0) is 0 Å². The summed E-state index contributed by atoms with van der Waals surface area (Å²) in [4.78, 5) is 10.8. The predicted octanol–water partition coefficient (Wildman–Crippen LogP) is 11.2. The highest BCUT2D eigenvalue weighted by Crippen LogP contribution is 2.37. The second-order valence-corrected chi connectivity index (χ2v) is 12.3. The molecule has 1 N–H and O–H groups in total. The molecule has 0 saturated carbocycles. The Morgan fingerprint density at radius 1 is 0.396 bits per heavy atom. The van der Waals surface area contributed by atoms with Crippen LogP contribution in [0, 0.1) is 0 Å². The number of aliphatic imine (C=N–C) groups is 2. The molecule has 1 heterocycles. The van der Waals surface area contributed by atoms with Crippen LogP contribution in [-0.4, -0.2) is 11.7 Å². The molecule has 8 aromatic rings. The Kier molecular flexibility index (Phi) is 6.69. The molecule has 0 atom stereocenters. The van der Waals surface area contributed by atoms with Crippen molar-refractivity contribution in [1.82, 2.24) is 5.32 Å². The molecule has 0 saturated heterocycles. The van der Waals surface area contributed by atoms with Gasteiger partial charge in [-0.1, -0.05) is 164 Å². The first-order valence-corrected chi connectivity index (χ1v) is 16.3. The van der Waals surface area contributed by atoms with E-state index in [1.165, 1.54) is 38.1 Å². The summed E-state index contributed by atoms with van der Waals surface area (Å²) in [6.45, 7) is 2.10. The van der Waals surface area contributed by atoms with Crippen LogP contribution in [0.3, 0.4) is 0 Å². The molecular formula is C45H31N3. The molecule has 0 aromatic heterocycles. The fourth-order valence-corrected chi connectivity index (χ4v) is 7.15. The minimum atomic E-state index is 0.677. The number of fused-ring (bicyclic) bond motifs is 6. The van der Waals surface area contributed by atoms with Crippen LogP contribution < -0.4 is 5.32 Å². The van der Waals surface area contributed by atoms with Gasteiger partial charge in [-0.25, -0.2) is 9.98 Å². The summed E-state index contributed by atoms with van der Waals surface area (Å²) in [7, 11) is 0. The smallest absolute Gasteiger partial charge is 0.162 e. The van der Waals surface area contributed by atoms with E-state index in [0.717, 1.165) is 50.1 Å². The first kappa shape index (κ1) is 27.9. The highest BCUT2D eigenvalue weighted by Gasteiger charge is 2.21. The van der Waals surface area contributed by atoms with Gasteiger partial charge in [-0.2, -0.15) is 0 Å². The molecule has 0 fully saturated rings. The number of rotatable bonds is 4. The molecule has 1 aliphatic rings. The van der Waals surface area contributed by atoms with E-state index in [9.17, 15) is 0 Å². The SMILES string of the molecule is CC1=C(c2cccc3c(-c4ccccc4)cccc23)N=C(c2cccc3ccc4c5ccccc5ccc4c23)N=C(c2ccccc2)N1. The fraction of sp³-hybridized carbons (Fsp3) is 0.0222. The van der Waals surface area contributed by atoms with Gasteiger partial charge in [-0.15, -0.1) is 0 Å². The lowest BCUT2D eigenvalue weighted by molar-refractivity contribution is 1.12. The second kappa shape index (κ2) is 11.5. The maximum atomic E-state index is 5.49. The Morgan fingerprint density at radius 2 is 0.979 bits per heavy atom. The third kappa shape index (κ3) is 4.68. The lowest BCUT2D eigenvalue weighted by atomic mass is 9.93. The molecular weight excluding hydrogens is 583 g/mol. The summed E-state index contributed by atoms with van der Waals surface area (Å²) in [6.07, 6.45) is 0. The molecule has 0 aliphatic carbocycles. The normalized spacial score (nSPS) is 13.4. The molecule has 0 spiro atoms. The van der Waals surface area contributed by atoms with Crippen LogP contribution >= 0.6 is 0 Å². The summed E-state index contributed by atoms with van der Waals surface area (Å²) in [5, 5.41) is 13.2. The van der Waals surface area contributed by atoms with Crippen molar-refractivity contribution in [3.05, 3.63) is 186 Å². The molecule has 9 rings (SSSR count). The van der Waals surface area contributed by atoms with Crippen molar-refractivity contribution in [2.45, 2.75) is 6.92 Å². The van der Waals surface area contributed by atoms with Gasteiger partial charge < -0.3 is 5.32 Å². The van der Waals surface area contributed by atoms with Gasteiger partial charge in [0.05, 0.1) is 5.70 Å². The molecule has 3 nitrogen and oxygen atoms in total. The van der Waals surface area contributed by atoms with E-state index >= 15 is 0 Å². The van der Waals surface area contributed by atoms with Crippen molar-refractivity contribution in [2.75, 3.05) is 0 Å². The Morgan fingerprint density at radius 3 is 1.79 bits per heavy atom. The van der Waals surface area contributed by atoms with Crippen molar-refractivity contribution >= 4 is 60.5 Å². The molecule has 3 heteroatoms. The van der Waals surface area contributed by atoms with Gasteiger partial charge in [0, 0.05) is 27.8 Å². The Bertz CT molecular complexity index is 2630. The fourth-order valence-electron chi connectivity index (χ4n) is 7.15. The monoisotopic (exact) mass is 613 g/mol. The zero-order valence-electron chi connectivity index (χ0n) is 26.5. The van der Waals surface area contributed by atoms with Gasteiger partial charge in [-0.3, -0.25) is 0 Å². The van der Waals surface area contributed by atoms with E-state index in [2.05, 4.69) is 158 Å². The molecule has 0 amide bonds. The third-order valence-electron chi connectivity index (χ3n) is 9.41. The number of benzene rings is 8. The largest absolute Gasteiger partial charge is 0.341 e. The van der Waals surface area contributed by atoms with Gasteiger partial charge in [0.2, 0.25) is 0 Å². The number of nitrogens with one attached hydrogen (secondary N) is 1. The van der Waals surface area contributed by atoms with Crippen LogP contribution in [0.5, 0.6) is 0 Å². The Balaban J connectivity index is 1.32. The maximum Gasteiger partial charge on any atom is 0.162 e. The second-order valence-electron chi connectivity index (χ2n) is 12.3. The topological polar surface area (TPSA) is 36.8 Å². The van der Waals surface area contributed by atoms with Crippen molar-refractivity contribution in [3.63, 3.8) is 0 Å². The zero-order chi connectivity index (χ0) is 32.0. The minimum absolute atomic E-state index is 0.677. The van der Waals surface area contributed by atoms with Crippen molar-refractivity contribution in [3.8, 4) is 11.1 Å². The molecule has 226 valence electrons. The summed E-state index contributed by atoms with van der Waals surface area (Å²) in [5.41, 5.74) is 7.28. The quantitative estimate of drug-likeness (QED) is 0.197. The lowest BCUT2D eigenvalue weighted by Crippen LogP contribution is -2.23. The van der Waals surface area contributed by atoms with Gasteiger partial charge in [0.15, 0.2) is 5.84 Å². The van der Waals surface area contributed by atoms with Crippen LogP contribution in [0.2, 0.25) is 0 Å². The first-order valence-electron chi connectivity index (χ1n) is 16.3. The van der Waals surface area contributed by atoms with Crippen molar-refractivity contribution in [2.24, 2.45) is 9.98 Å². The van der Waals surface area contributed by atoms with E-state index in [4.69, 9.17) is 9.98 Å². The van der Waals surface area contributed by atoms with E-state index < -0.39 is 0 Å². The van der Waals surface area contributed by atoms with Crippen LogP contribution in [0.15, 0.2) is 179 Å². The summed E-state index contributed by atoms with van der Waals surface area (Å²) in [5.74, 6) is 1.45. The summed E-state index contributed by atoms with van der Waals surface area (Å²) >= 11 is 0. The number of amidine groups is 2. The summed E-state index contributed by atoms with van der Waals surface area (Å²) < 4.78 is 0. The summed E-state index contributed by atoms with van der Waals surface area (Å²) in [6, 6.07) is 58.0. The van der Waals surface area contributed by atoms with Gasteiger partial charge in [0.25, 0.3) is 0 Å². The van der Waals surface area contributed by atoms with Crippen LogP contribution in [0.25, 0.3) is 59.9 Å². The molecule has 0 radical (unpaired) electrons. The molecule has 0 bridgehead atoms. The number of nitrogens with zero attached hydrogens (tertiary/aromatic N) is 2. The molecule has 8 aromatic carbocycles. The van der Waals surface area contributed by atoms with E-state index in [-0.39, 0.29) is 0 Å². The Labute approximate surface area is 279 Å². The highest BCUT2D eigenvalue weighted by atomic mass is 15.1. The average Bonchev–Trinajstić information content (AvgIpc) is 3.33. The highest BCUT2D eigenvalue weighted by molar-refractivity contribution is 6.26. The third-order valence-corrected chi connectivity index (χ3v) is 9.41. The van der Waals surface area contributed by atoms with E-state index in [1.807, 2.05) is 18.2 Å². The van der Waals surface area contributed by atoms with Gasteiger partial charge in [-0.05, 0) is 55.8 Å². The van der Waals surface area contributed by atoms with Crippen LogP contribution in [0.1, 0.15) is 23.6 Å². The first-order chi connectivity index (χ1) is 23.7. The Hall–Kier alpha value is -6.32. The zero-order valence-corrected chi connectivity index (χ0v) is 26.5. The number of hydrogen-bond acceptors (Lipinski definition) is 3. The van der Waals surface area contributed by atoms with Crippen LogP contribution in [0.4, 0.5) is 0 Å². The van der Waals surface area contributed by atoms with E-state index in [1.54, 1.807) is 0 Å². The van der Waals surface area contributed by atoms with Gasteiger partial charge >= 0.3 is 0 Å². The molecule has 0 unspecified atom stereocenters. The van der Waals surface area contributed by atoms with Gasteiger partial charge in [0.1, 0.15) is 5.84 Å².